The number of Topliss-reactive ketones (excluding diaryl/α,β-unsaturated/α-hetero) is 1. The van der Waals surface area contributed by atoms with Crippen LogP contribution >= 0.6 is 23.1 Å². The van der Waals surface area contributed by atoms with Gasteiger partial charge in [0.15, 0.2) is 21.6 Å². The van der Waals surface area contributed by atoms with E-state index in [0.717, 1.165) is 10.0 Å². The van der Waals surface area contributed by atoms with E-state index in [-0.39, 0.29) is 24.2 Å². The van der Waals surface area contributed by atoms with Gasteiger partial charge in [-0.25, -0.2) is 4.98 Å². The fraction of sp³-hybridized carbons (Fsp3) is 0.267. The predicted molar refractivity (Wildman–Crippen MR) is 88.8 cm³/mol. The van der Waals surface area contributed by atoms with Crippen molar-refractivity contribution in [3.63, 3.8) is 0 Å². The van der Waals surface area contributed by atoms with Gasteiger partial charge in [-0.1, -0.05) is 11.8 Å². The zero-order chi connectivity index (χ0) is 16.4. The SMILES string of the molecule is CC(=O)c1cc2c(cc1NC(=O)CSc1nc(C)cs1)OCO2. The highest BCUT2D eigenvalue weighted by molar-refractivity contribution is 8.01. The molecule has 0 aliphatic carbocycles. The van der Waals surface area contributed by atoms with Gasteiger partial charge >= 0.3 is 0 Å². The molecular formula is C15H14N2O4S2. The number of anilines is 1. The van der Waals surface area contributed by atoms with E-state index in [9.17, 15) is 9.59 Å². The van der Waals surface area contributed by atoms with Crippen LogP contribution in [0.4, 0.5) is 5.69 Å². The van der Waals surface area contributed by atoms with Crippen LogP contribution in [0.3, 0.4) is 0 Å². The number of ketones is 1. The Hall–Kier alpha value is -2.06. The van der Waals surface area contributed by atoms with E-state index in [0.29, 0.717) is 22.7 Å². The Morgan fingerprint density at radius 3 is 2.74 bits per heavy atom. The van der Waals surface area contributed by atoms with Gasteiger partial charge in [-0.05, 0) is 19.9 Å². The third-order valence-electron chi connectivity index (χ3n) is 3.09. The lowest BCUT2D eigenvalue weighted by Crippen LogP contribution is -2.16. The molecule has 6 nitrogen and oxygen atoms in total. The molecule has 120 valence electrons. The van der Waals surface area contributed by atoms with Gasteiger partial charge in [-0.2, -0.15) is 0 Å². The summed E-state index contributed by atoms with van der Waals surface area (Å²) in [6.07, 6.45) is 0. The van der Waals surface area contributed by atoms with Crippen LogP contribution in [0.25, 0.3) is 0 Å². The minimum absolute atomic E-state index is 0.114. The Kier molecular flexibility index (Phi) is 4.53. The number of nitrogens with one attached hydrogen (secondary N) is 1. The molecule has 1 N–H and O–H groups in total. The van der Waals surface area contributed by atoms with Gasteiger partial charge in [0.1, 0.15) is 0 Å². The smallest absolute Gasteiger partial charge is 0.234 e. The summed E-state index contributed by atoms with van der Waals surface area (Å²) in [5.74, 6) is 0.902. The van der Waals surface area contributed by atoms with Gasteiger partial charge in [-0.3, -0.25) is 9.59 Å². The van der Waals surface area contributed by atoms with Crippen molar-refractivity contribution in [1.29, 1.82) is 0 Å². The molecule has 0 fully saturated rings. The molecule has 0 spiro atoms. The maximum atomic E-state index is 12.1. The highest BCUT2D eigenvalue weighted by Crippen LogP contribution is 2.37. The molecule has 0 saturated carbocycles. The summed E-state index contributed by atoms with van der Waals surface area (Å²) in [5.41, 5.74) is 1.77. The van der Waals surface area contributed by atoms with Crippen LogP contribution in [0.5, 0.6) is 11.5 Å². The van der Waals surface area contributed by atoms with Crippen molar-refractivity contribution in [2.45, 2.75) is 18.2 Å². The molecule has 1 aliphatic heterocycles. The van der Waals surface area contributed by atoms with Crippen LogP contribution in [0, 0.1) is 6.92 Å². The predicted octanol–water partition coefficient (Wildman–Crippen LogP) is 3.11. The molecule has 3 rings (SSSR count). The van der Waals surface area contributed by atoms with Gasteiger partial charge in [-0.15, -0.1) is 11.3 Å². The number of aromatic nitrogens is 1. The highest BCUT2D eigenvalue weighted by Gasteiger charge is 2.20. The van der Waals surface area contributed by atoms with Crippen LogP contribution in [0.1, 0.15) is 23.0 Å². The van der Waals surface area contributed by atoms with Crippen molar-refractivity contribution in [1.82, 2.24) is 4.98 Å². The maximum absolute atomic E-state index is 12.1. The molecular weight excluding hydrogens is 336 g/mol. The van der Waals surface area contributed by atoms with Gasteiger partial charge < -0.3 is 14.8 Å². The normalized spacial score (nSPS) is 12.3. The van der Waals surface area contributed by atoms with Crippen molar-refractivity contribution in [3.8, 4) is 11.5 Å². The number of thiazole rings is 1. The number of ether oxygens (including phenoxy) is 2. The lowest BCUT2D eigenvalue weighted by Gasteiger charge is -2.10. The van der Waals surface area contributed by atoms with Gasteiger partial charge in [0.05, 0.1) is 11.4 Å². The van der Waals surface area contributed by atoms with Crippen LogP contribution in [0.2, 0.25) is 0 Å². The average molecular weight is 350 g/mol. The van der Waals surface area contributed by atoms with E-state index in [4.69, 9.17) is 9.47 Å². The summed E-state index contributed by atoms with van der Waals surface area (Å²) < 4.78 is 11.4. The number of nitrogens with zero attached hydrogens (tertiary/aromatic N) is 1. The zero-order valence-electron chi connectivity index (χ0n) is 12.5. The minimum atomic E-state index is -0.204. The molecule has 0 saturated heterocycles. The van der Waals surface area contributed by atoms with E-state index in [1.807, 2.05) is 12.3 Å². The first kappa shape index (κ1) is 15.8. The van der Waals surface area contributed by atoms with E-state index in [1.54, 1.807) is 12.1 Å². The van der Waals surface area contributed by atoms with Crippen LogP contribution in [-0.2, 0) is 4.79 Å². The Balaban J connectivity index is 1.71. The molecule has 1 aliphatic rings. The number of hydrogen-bond donors (Lipinski definition) is 1. The van der Waals surface area contributed by atoms with E-state index in [2.05, 4.69) is 10.3 Å². The fourth-order valence-corrected chi connectivity index (χ4v) is 3.70. The third-order valence-corrected chi connectivity index (χ3v) is 5.23. The number of rotatable bonds is 5. The molecule has 0 radical (unpaired) electrons. The molecule has 2 heterocycles. The number of aryl methyl sites for hydroxylation is 1. The first-order chi connectivity index (χ1) is 11.0. The van der Waals surface area contributed by atoms with E-state index in [1.165, 1.54) is 30.0 Å². The summed E-state index contributed by atoms with van der Waals surface area (Å²) in [6.45, 7) is 3.47. The molecule has 1 aromatic carbocycles. The third kappa shape index (κ3) is 3.65. The standard InChI is InChI=1S/C15H14N2O4S2/c1-8-5-22-15(16-8)23-6-14(19)17-11-4-13-12(20-7-21-13)3-10(11)9(2)18/h3-5H,6-7H2,1-2H3,(H,17,19). The van der Waals surface area contributed by atoms with Gasteiger partial charge in [0.25, 0.3) is 0 Å². The number of hydrogen-bond acceptors (Lipinski definition) is 7. The van der Waals surface area contributed by atoms with E-state index < -0.39 is 0 Å². The topological polar surface area (TPSA) is 77.5 Å². The Bertz CT molecular complexity index is 773. The second kappa shape index (κ2) is 6.59. The molecule has 1 aromatic heterocycles. The molecule has 23 heavy (non-hydrogen) atoms. The fourth-order valence-electron chi connectivity index (χ4n) is 2.05. The summed E-state index contributed by atoms with van der Waals surface area (Å²) in [7, 11) is 0. The first-order valence-corrected chi connectivity index (χ1v) is 8.69. The Morgan fingerprint density at radius 1 is 1.35 bits per heavy atom. The number of benzene rings is 1. The molecule has 2 aromatic rings. The van der Waals surface area contributed by atoms with Crippen molar-refractivity contribution >= 4 is 40.5 Å². The highest BCUT2D eigenvalue weighted by atomic mass is 32.2. The van der Waals surface area contributed by atoms with Gasteiger partial charge in [0.2, 0.25) is 12.7 Å². The summed E-state index contributed by atoms with van der Waals surface area (Å²) in [4.78, 5) is 28.2. The van der Waals surface area contributed by atoms with Crippen molar-refractivity contribution < 1.29 is 19.1 Å². The van der Waals surface area contributed by atoms with E-state index >= 15 is 0 Å². The number of carbonyl (C=O) groups excluding carboxylic acids is 2. The molecule has 8 heteroatoms. The molecule has 1 amide bonds. The summed E-state index contributed by atoms with van der Waals surface area (Å²) in [5, 5.41) is 4.70. The second-order valence-electron chi connectivity index (χ2n) is 4.90. The minimum Gasteiger partial charge on any atom is -0.454 e. The second-order valence-corrected chi connectivity index (χ2v) is 6.98. The number of carbonyl (C=O) groups is 2. The molecule has 0 bridgehead atoms. The Morgan fingerprint density at radius 2 is 2.09 bits per heavy atom. The number of thioether (sulfide) groups is 1. The largest absolute Gasteiger partial charge is 0.454 e. The lowest BCUT2D eigenvalue weighted by atomic mass is 10.1. The van der Waals surface area contributed by atoms with Crippen LogP contribution in [0.15, 0.2) is 21.9 Å². The maximum Gasteiger partial charge on any atom is 0.234 e. The first-order valence-electron chi connectivity index (χ1n) is 6.82. The lowest BCUT2D eigenvalue weighted by molar-refractivity contribution is -0.113. The number of fused-ring (bicyclic) bond motifs is 1. The summed E-state index contributed by atoms with van der Waals surface area (Å²) in [6, 6.07) is 3.22. The number of amides is 1. The van der Waals surface area contributed by atoms with Crippen molar-refractivity contribution in [3.05, 3.63) is 28.8 Å². The Labute approximate surface area is 141 Å². The van der Waals surface area contributed by atoms with Crippen molar-refractivity contribution in [2.24, 2.45) is 0 Å². The molecule has 0 atom stereocenters. The van der Waals surface area contributed by atoms with Crippen LogP contribution < -0.4 is 14.8 Å². The van der Waals surface area contributed by atoms with Crippen LogP contribution in [-0.4, -0.2) is 29.2 Å². The van der Waals surface area contributed by atoms with Crippen molar-refractivity contribution in [2.75, 3.05) is 17.9 Å². The quantitative estimate of drug-likeness (QED) is 0.659. The average Bonchev–Trinajstić information content (AvgIpc) is 3.12. The molecule has 0 unspecified atom stereocenters. The summed E-state index contributed by atoms with van der Waals surface area (Å²) >= 11 is 2.87. The van der Waals surface area contributed by atoms with Gasteiger partial charge in [0, 0.05) is 22.7 Å². The zero-order valence-corrected chi connectivity index (χ0v) is 14.2. The monoisotopic (exact) mass is 350 g/mol.